The van der Waals surface area contributed by atoms with E-state index in [-0.39, 0.29) is 16.7 Å². The van der Waals surface area contributed by atoms with Crippen LogP contribution >= 0.6 is 11.6 Å². The molecule has 9 nitrogen and oxygen atoms in total. The summed E-state index contributed by atoms with van der Waals surface area (Å²) in [6.07, 6.45) is 2.67. The maximum Gasteiger partial charge on any atom is 0.349 e. The molecule has 10 heteroatoms. The largest absolute Gasteiger partial charge is 0.456 e. The Balaban J connectivity index is 1.54. The van der Waals surface area contributed by atoms with Gasteiger partial charge in [0.05, 0.1) is 16.1 Å². The Morgan fingerprint density at radius 3 is 2.53 bits per heavy atom. The molecule has 1 aliphatic heterocycles. The van der Waals surface area contributed by atoms with E-state index in [1.165, 1.54) is 6.07 Å². The zero-order valence-corrected chi connectivity index (χ0v) is 18.2. The molecule has 0 saturated heterocycles. The number of ether oxygens (including phenoxy) is 1. The number of amides is 1. The van der Waals surface area contributed by atoms with Gasteiger partial charge in [-0.1, -0.05) is 18.0 Å². The maximum absolute atomic E-state index is 12.6. The third kappa shape index (κ3) is 2.92. The Labute approximate surface area is 187 Å². The summed E-state index contributed by atoms with van der Waals surface area (Å²) < 4.78 is 7.11. The Morgan fingerprint density at radius 2 is 1.88 bits per heavy atom. The van der Waals surface area contributed by atoms with E-state index in [4.69, 9.17) is 22.1 Å². The lowest BCUT2D eigenvalue weighted by atomic mass is 9.65. The number of carbonyl (C=O) groups excluding carboxylic acids is 1. The van der Waals surface area contributed by atoms with Gasteiger partial charge in [0.2, 0.25) is 11.7 Å². The number of carbonyl (C=O) groups is 1. The number of nitrogens with one attached hydrogen (secondary N) is 2. The molecule has 0 radical (unpaired) electrons. The van der Waals surface area contributed by atoms with Crippen LogP contribution in [0.4, 0.5) is 11.5 Å². The molecule has 1 fully saturated rings. The Bertz CT molecular complexity index is 1400. The molecule has 0 unspecified atom stereocenters. The first kappa shape index (κ1) is 20.3. The summed E-state index contributed by atoms with van der Waals surface area (Å²) in [5.74, 6) is 0.710. The van der Waals surface area contributed by atoms with Crippen molar-refractivity contribution in [1.29, 1.82) is 0 Å². The number of aromatic amines is 1. The monoisotopic (exact) mass is 453 g/mol. The highest BCUT2D eigenvalue weighted by molar-refractivity contribution is 6.32. The molecule has 4 N–H and O–H groups in total. The molecule has 3 aromatic rings. The lowest BCUT2D eigenvalue weighted by Crippen LogP contribution is -2.40. The number of hydrogen-bond donors (Lipinski definition) is 3. The van der Waals surface area contributed by atoms with Crippen molar-refractivity contribution in [2.24, 2.45) is 0 Å². The molecule has 1 aromatic heterocycles. The molecule has 0 bridgehead atoms. The standard InChI is InChI=1S/C22H20ClN5O4/c1-10-7-13(9-14-16(10)25-20(30)22(14)4-3-5-22)32-17-11(2)6-12(8-15(17)23)28-21(31)26-19(29)18(24)27-28/h6-9H,3-5H2,1-2H3,(H2,24,27)(H,25,30)(H,26,29,31). The number of H-pyrrole nitrogens is 1. The van der Waals surface area contributed by atoms with Crippen molar-refractivity contribution < 1.29 is 9.53 Å². The Kier molecular flexibility index (Phi) is 4.42. The van der Waals surface area contributed by atoms with Crippen LogP contribution in [0.5, 0.6) is 11.5 Å². The minimum Gasteiger partial charge on any atom is -0.456 e. The highest BCUT2D eigenvalue weighted by Gasteiger charge is 2.51. The maximum atomic E-state index is 12.6. The molecular formula is C22H20ClN5O4. The van der Waals surface area contributed by atoms with E-state index in [0.29, 0.717) is 22.7 Å². The van der Waals surface area contributed by atoms with Gasteiger partial charge in [0.15, 0.2) is 0 Å². The lowest BCUT2D eigenvalue weighted by Gasteiger charge is -2.36. The van der Waals surface area contributed by atoms with Gasteiger partial charge in [0, 0.05) is 5.69 Å². The smallest absolute Gasteiger partial charge is 0.349 e. The summed E-state index contributed by atoms with van der Waals surface area (Å²) in [5, 5.41) is 7.10. The van der Waals surface area contributed by atoms with Gasteiger partial charge in [-0.2, -0.15) is 4.68 Å². The molecule has 164 valence electrons. The van der Waals surface area contributed by atoms with E-state index in [9.17, 15) is 14.4 Å². The van der Waals surface area contributed by atoms with E-state index in [0.717, 1.165) is 40.8 Å². The molecule has 0 atom stereocenters. The molecular weight excluding hydrogens is 434 g/mol. The van der Waals surface area contributed by atoms with Gasteiger partial charge in [-0.3, -0.25) is 14.6 Å². The number of anilines is 2. The highest BCUT2D eigenvalue weighted by Crippen LogP contribution is 2.53. The predicted octanol–water partition coefficient (Wildman–Crippen LogP) is 2.94. The minimum absolute atomic E-state index is 0.0516. The predicted molar refractivity (Wildman–Crippen MR) is 120 cm³/mol. The van der Waals surface area contributed by atoms with Crippen LogP contribution in [0.15, 0.2) is 33.9 Å². The van der Waals surface area contributed by atoms with Crippen LogP contribution in [0, 0.1) is 13.8 Å². The average Bonchev–Trinajstić information content (AvgIpc) is 3.00. The summed E-state index contributed by atoms with van der Waals surface area (Å²) in [6, 6.07) is 6.92. The van der Waals surface area contributed by atoms with Crippen molar-refractivity contribution in [3.8, 4) is 17.2 Å². The molecule has 2 aliphatic rings. The SMILES string of the molecule is Cc1cc(Oc2c(C)cc(-n3nc(N)c(=O)[nH]c3=O)cc2Cl)cc2c1NC(=O)C21CCC1. The van der Waals surface area contributed by atoms with Gasteiger partial charge in [0.1, 0.15) is 11.5 Å². The number of fused-ring (bicyclic) bond motifs is 2. The number of benzene rings is 2. The van der Waals surface area contributed by atoms with E-state index >= 15 is 0 Å². The first-order chi connectivity index (χ1) is 15.2. The van der Waals surface area contributed by atoms with E-state index in [1.54, 1.807) is 13.0 Å². The van der Waals surface area contributed by atoms with Crippen LogP contribution in [-0.4, -0.2) is 20.7 Å². The van der Waals surface area contributed by atoms with Crippen molar-refractivity contribution in [2.45, 2.75) is 38.5 Å². The zero-order valence-electron chi connectivity index (χ0n) is 17.4. The molecule has 1 saturated carbocycles. The molecule has 2 heterocycles. The van der Waals surface area contributed by atoms with Crippen molar-refractivity contribution >= 4 is 29.0 Å². The summed E-state index contributed by atoms with van der Waals surface area (Å²) in [5.41, 5.74) is 7.33. The fourth-order valence-electron chi connectivity index (χ4n) is 4.41. The number of rotatable bonds is 3. The number of aryl methyl sites for hydroxylation is 2. The van der Waals surface area contributed by atoms with Crippen molar-refractivity contribution in [3.63, 3.8) is 0 Å². The van der Waals surface area contributed by atoms with Crippen LogP contribution < -0.4 is 27.0 Å². The fraction of sp³-hybridized carbons (Fsp3) is 0.273. The summed E-state index contributed by atoms with van der Waals surface area (Å²) in [7, 11) is 0. The van der Waals surface area contributed by atoms with E-state index < -0.39 is 16.7 Å². The van der Waals surface area contributed by atoms with Crippen LogP contribution in [0.25, 0.3) is 5.69 Å². The third-order valence-electron chi connectivity index (χ3n) is 6.24. The minimum atomic E-state index is -0.752. The van der Waals surface area contributed by atoms with Gasteiger partial charge < -0.3 is 15.8 Å². The van der Waals surface area contributed by atoms with Crippen LogP contribution in [0.1, 0.15) is 36.0 Å². The van der Waals surface area contributed by atoms with E-state index in [2.05, 4.69) is 15.4 Å². The van der Waals surface area contributed by atoms with Gasteiger partial charge in [-0.25, -0.2) is 4.79 Å². The molecule has 1 spiro atoms. The molecule has 32 heavy (non-hydrogen) atoms. The number of halogens is 1. The van der Waals surface area contributed by atoms with Gasteiger partial charge in [-0.05, 0) is 67.6 Å². The summed E-state index contributed by atoms with van der Waals surface area (Å²) in [6.45, 7) is 3.71. The second-order valence-electron chi connectivity index (χ2n) is 8.28. The second kappa shape index (κ2) is 6.96. The van der Waals surface area contributed by atoms with Crippen LogP contribution in [0.3, 0.4) is 0 Å². The molecule has 1 amide bonds. The topological polar surface area (TPSA) is 132 Å². The van der Waals surface area contributed by atoms with E-state index in [1.807, 2.05) is 19.1 Å². The number of aromatic nitrogens is 3. The highest BCUT2D eigenvalue weighted by atomic mass is 35.5. The molecule has 5 rings (SSSR count). The third-order valence-corrected chi connectivity index (χ3v) is 6.52. The van der Waals surface area contributed by atoms with Crippen LogP contribution in [0.2, 0.25) is 5.02 Å². The second-order valence-corrected chi connectivity index (χ2v) is 8.69. The van der Waals surface area contributed by atoms with Gasteiger partial charge >= 0.3 is 5.69 Å². The number of hydrogen-bond acceptors (Lipinski definition) is 6. The number of nitrogens with two attached hydrogens (primary N) is 1. The zero-order chi connectivity index (χ0) is 22.8. The molecule has 2 aromatic carbocycles. The molecule has 1 aliphatic carbocycles. The van der Waals surface area contributed by atoms with Gasteiger partial charge in [-0.15, -0.1) is 5.10 Å². The normalized spacial score (nSPS) is 15.9. The first-order valence-corrected chi connectivity index (χ1v) is 10.5. The van der Waals surface area contributed by atoms with Crippen molar-refractivity contribution in [2.75, 3.05) is 11.1 Å². The van der Waals surface area contributed by atoms with Crippen molar-refractivity contribution in [1.82, 2.24) is 14.8 Å². The first-order valence-electron chi connectivity index (χ1n) is 10.1. The fourth-order valence-corrected chi connectivity index (χ4v) is 4.71. The number of nitrogen functional groups attached to an aromatic ring is 1. The lowest BCUT2D eigenvalue weighted by molar-refractivity contribution is -0.123. The summed E-state index contributed by atoms with van der Waals surface area (Å²) in [4.78, 5) is 38.3. The quantitative estimate of drug-likeness (QED) is 0.558. The van der Waals surface area contributed by atoms with Crippen LogP contribution in [-0.2, 0) is 10.2 Å². The average molecular weight is 454 g/mol. The summed E-state index contributed by atoms with van der Waals surface area (Å²) >= 11 is 6.49. The van der Waals surface area contributed by atoms with Crippen molar-refractivity contribution in [3.05, 3.63) is 66.8 Å². The Morgan fingerprint density at radius 1 is 1.12 bits per heavy atom. The Hall–Kier alpha value is -3.59. The van der Waals surface area contributed by atoms with Gasteiger partial charge in [0.25, 0.3) is 5.56 Å². The number of nitrogens with zero attached hydrogens (tertiary/aromatic N) is 2.